The standard InChI is InChI=1S/C21H32O3Si/c1-21(2,3)25(4,5)23-16-14-20-12-11-19(24-20)13-15-22-17-18-9-7-6-8-10-18/h6-12H,13-17H2,1-5H3. The topological polar surface area (TPSA) is 31.6 Å². The Morgan fingerprint density at radius 2 is 1.48 bits per heavy atom. The van der Waals surface area contributed by atoms with E-state index in [-0.39, 0.29) is 5.04 Å². The van der Waals surface area contributed by atoms with Crippen LogP contribution in [0.15, 0.2) is 46.9 Å². The van der Waals surface area contributed by atoms with Crippen molar-refractivity contribution in [2.24, 2.45) is 0 Å². The van der Waals surface area contributed by atoms with Gasteiger partial charge in [0.2, 0.25) is 0 Å². The monoisotopic (exact) mass is 360 g/mol. The van der Waals surface area contributed by atoms with Gasteiger partial charge in [0, 0.05) is 19.4 Å². The molecule has 4 heteroatoms. The smallest absolute Gasteiger partial charge is 0.191 e. The molecule has 1 aromatic heterocycles. The van der Waals surface area contributed by atoms with Crippen LogP contribution in [0.25, 0.3) is 0 Å². The van der Waals surface area contributed by atoms with Crippen LogP contribution in [-0.4, -0.2) is 21.5 Å². The van der Waals surface area contributed by atoms with Crippen LogP contribution in [-0.2, 0) is 28.6 Å². The SMILES string of the molecule is CC(C)(C)[Si](C)(C)OCCc1ccc(CCOCc2ccccc2)o1. The van der Waals surface area contributed by atoms with E-state index in [1.54, 1.807) is 0 Å². The highest BCUT2D eigenvalue weighted by atomic mass is 28.4. The number of benzene rings is 1. The maximum atomic E-state index is 6.21. The molecule has 0 fully saturated rings. The molecule has 0 saturated heterocycles. The first-order valence-corrected chi connectivity index (χ1v) is 12.0. The molecule has 0 bridgehead atoms. The van der Waals surface area contributed by atoms with Crippen LogP contribution in [0.5, 0.6) is 0 Å². The lowest BCUT2D eigenvalue weighted by Crippen LogP contribution is -2.41. The normalized spacial score (nSPS) is 12.5. The van der Waals surface area contributed by atoms with Crippen LogP contribution in [0.1, 0.15) is 37.9 Å². The van der Waals surface area contributed by atoms with Gasteiger partial charge in [-0.05, 0) is 35.8 Å². The molecule has 1 heterocycles. The van der Waals surface area contributed by atoms with Crippen LogP contribution in [0, 0.1) is 0 Å². The van der Waals surface area contributed by atoms with E-state index < -0.39 is 8.32 Å². The third-order valence-corrected chi connectivity index (χ3v) is 9.48. The second-order valence-corrected chi connectivity index (χ2v) is 12.8. The van der Waals surface area contributed by atoms with Crippen molar-refractivity contribution in [3.05, 3.63) is 59.5 Å². The van der Waals surface area contributed by atoms with Crippen LogP contribution < -0.4 is 0 Å². The van der Waals surface area contributed by atoms with Gasteiger partial charge >= 0.3 is 0 Å². The Kier molecular flexibility index (Phi) is 7.05. The summed E-state index contributed by atoms with van der Waals surface area (Å²) in [4.78, 5) is 0. The summed E-state index contributed by atoms with van der Waals surface area (Å²) < 4.78 is 17.8. The fraction of sp³-hybridized carbons (Fsp3) is 0.524. The van der Waals surface area contributed by atoms with Crippen molar-refractivity contribution in [3.63, 3.8) is 0 Å². The number of furan rings is 1. The summed E-state index contributed by atoms with van der Waals surface area (Å²) in [6, 6.07) is 14.3. The first-order valence-electron chi connectivity index (χ1n) is 9.11. The molecule has 2 rings (SSSR count). The second kappa shape index (κ2) is 8.83. The summed E-state index contributed by atoms with van der Waals surface area (Å²) in [7, 11) is -1.67. The highest BCUT2D eigenvalue weighted by Crippen LogP contribution is 2.36. The molecule has 1 aromatic carbocycles. The van der Waals surface area contributed by atoms with Gasteiger partial charge in [0.15, 0.2) is 8.32 Å². The fourth-order valence-electron chi connectivity index (χ4n) is 2.25. The molecule has 0 radical (unpaired) electrons. The maximum absolute atomic E-state index is 6.21. The molecule has 0 saturated carbocycles. The lowest BCUT2D eigenvalue weighted by atomic mass is 10.2. The molecule has 0 atom stereocenters. The molecule has 0 N–H and O–H groups in total. The van der Waals surface area contributed by atoms with Crippen molar-refractivity contribution in [1.29, 1.82) is 0 Å². The summed E-state index contributed by atoms with van der Waals surface area (Å²) in [6.45, 7) is 13.4. The summed E-state index contributed by atoms with van der Waals surface area (Å²) in [5.41, 5.74) is 1.20. The minimum atomic E-state index is -1.67. The Balaban J connectivity index is 1.68. The van der Waals surface area contributed by atoms with Crippen molar-refractivity contribution >= 4 is 8.32 Å². The summed E-state index contributed by atoms with van der Waals surface area (Å²) in [5, 5.41) is 0.247. The van der Waals surface area contributed by atoms with Crippen LogP contribution in [0.3, 0.4) is 0 Å². The highest BCUT2D eigenvalue weighted by molar-refractivity contribution is 6.74. The van der Waals surface area contributed by atoms with Gasteiger partial charge in [-0.25, -0.2) is 0 Å². The fourth-order valence-corrected chi connectivity index (χ4v) is 3.30. The molecule has 0 aliphatic rings. The lowest BCUT2D eigenvalue weighted by Gasteiger charge is -2.36. The number of hydrogen-bond donors (Lipinski definition) is 0. The van der Waals surface area contributed by atoms with Crippen molar-refractivity contribution < 1.29 is 13.6 Å². The molecule has 25 heavy (non-hydrogen) atoms. The molecular formula is C21H32O3Si. The molecule has 0 aliphatic carbocycles. The predicted molar refractivity (Wildman–Crippen MR) is 105 cm³/mol. The molecule has 0 amide bonds. The van der Waals surface area contributed by atoms with Gasteiger partial charge in [-0.1, -0.05) is 51.1 Å². The van der Waals surface area contributed by atoms with Crippen molar-refractivity contribution in [2.75, 3.05) is 13.2 Å². The van der Waals surface area contributed by atoms with Gasteiger partial charge in [-0.2, -0.15) is 0 Å². The summed E-state index contributed by atoms with van der Waals surface area (Å²) in [5.74, 6) is 1.98. The van der Waals surface area contributed by atoms with Gasteiger partial charge in [0.1, 0.15) is 11.5 Å². The van der Waals surface area contributed by atoms with Crippen LogP contribution in [0.4, 0.5) is 0 Å². The summed E-state index contributed by atoms with van der Waals surface area (Å²) in [6.07, 6.45) is 1.63. The zero-order valence-corrected chi connectivity index (χ0v) is 17.3. The van der Waals surface area contributed by atoms with E-state index >= 15 is 0 Å². The molecule has 0 aliphatic heterocycles. The Hall–Kier alpha value is -1.36. The third kappa shape index (κ3) is 6.46. The lowest BCUT2D eigenvalue weighted by molar-refractivity contribution is 0.120. The Morgan fingerprint density at radius 1 is 0.880 bits per heavy atom. The maximum Gasteiger partial charge on any atom is 0.191 e. The van der Waals surface area contributed by atoms with E-state index in [9.17, 15) is 0 Å². The predicted octanol–water partition coefficient (Wildman–Crippen LogP) is 5.60. The molecule has 0 unspecified atom stereocenters. The molecule has 2 aromatic rings. The first-order chi connectivity index (χ1) is 11.8. The van der Waals surface area contributed by atoms with E-state index in [2.05, 4.69) is 52.1 Å². The Morgan fingerprint density at radius 3 is 2.08 bits per heavy atom. The summed E-state index contributed by atoms with van der Waals surface area (Å²) >= 11 is 0. The number of rotatable bonds is 9. The molecule has 3 nitrogen and oxygen atoms in total. The zero-order valence-electron chi connectivity index (χ0n) is 16.3. The largest absolute Gasteiger partial charge is 0.466 e. The van der Waals surface area contributed by atoms with Crippen molar-refractivity contribution in [3.8, 4) is 0 Å². The Bertz CT molecular complexity index is 626. The van der Waals surface area contributed by atoms with Gasteiger partial charge in [-0.15, -0.1) is 0 Å². The highest BCUT2D eigenvalue weighted by Gasteiger charge is 2.36. The van der Waals surface area contributed by atoms with E-state index in [0.29, 0.717) is 13.2 Å². The number of ether oxygens (including phenoxy) is 1. The van der Waals surface area contributed by atoms with Gasteiger partial charge in [0.25, 0.3) is 0 Å². The third-order valence-electron chi connectivity index (χ3n) is 4.94. The van der Waals surface area contributed by atoms with Crippen LogP contribution >= 0.6 is 0 Å². The van der Waals surface area contributed by atoms with Gasteiger partial charge < -0.3 is 13.6 Å². The minimum absolute atomic E-state index is 0.247. The average Bonchev–Trinajstić information content (AvgIpc) is 2.99. The molecular weight excluding hydrogens is 328 g/mol. The first kappa shape index (κ1) is 20.0. The number of hydrogen-bond acceptors (Lipinski definition) is 3. The van der Waals surface area contributed by atoms with Gasteiger partial charge in [-0.3, -0.25) is 0 Å². The molecule has 138 valence electrons. The van der Waals surface area contributed by atoms with Gasteiger partial charge in [0.05, 0.1) is 13.2 Å². The van der Waals surface area contributed by atoms with Crippen molar-refractivity contribution in [1.82, 2.24) is 0 Å². The van der Waals surface area contributed by atoms with E-state index in [1.807, 2.05) is 24.3 Å². The van der Waals surface area contributed by atoms with E-state index in [1.165, 1.54) is 5.56 Å². The van der Waals surface area contributed by atoms with E-state index in [4.69, 9.17) is 13.6 Å². The minimum Gasteiger partial charge on any atom is -0.466 e. The Labute approximate surface area is 153 Å². The van der Waals surface area contributed by atoms with E-state index in [0.717, 1.165) is 31.0 Å². The quantitative estimate of drug-likeness (QED) is 0.431. The average molecular weight is 361 g/mol. The zero-order chi connectivity index (χ0) is 18.3. The second-order valence-electron chi connectivity index (χ2n) is 8.01. The van der Waals surface area contributed by atoms with Crippen LogP contribution in [0.2, 0.25) is 18.1 Å². The van der Waals surface area contributed by atoms with Crippen molar-refractivity contribution in [2.45, 2.75) is 58.4 Å². The molecule has 0 spiro atoms.